The molecule has 2 aromatic carbocycles. The first kappa shape index (κ1) is 14.5. The molecule has 0 saturated heterocycles. The van der Waals surface area contributed by atoms with E-state index in [2.05, 4.69) is 4.90 Å². The van der Waals surface area contributed by atoms with Gasteiger partial charge in [0.25, 0.3) is 0 Å². The maximum absolute atomic E-state index is 13.3. The maximum Gasteiger partial charge on any atom is 0.159 e. The van der Waals surface area contributed by atoms with Crippen LogP contribution in [-0.2, 0) is 6.54 Å². The van der Waals surface area contributed by atoms with Crippen molar-refractivity contribution >= 4 is 5.69 Å². The summed E-state index contributed by atoms with van der Waals surface area (Å²) in [4.78, 5) is 2.06. The van der Waals surface area contributed by atoms with Crippen LogP contribution in [0.2, 0.25) is 0 Å². The van der Waals surface area contributed by atoms with E-state index in [4.69, 9.17) is 5.73 Å². The Labute approximate surface area is 117 Å². The molecule has 0 spiro atoms. The Balaban J connectivity index is 2.11. The second kappa shape index (κ2) is 6.01. The molecule has 0 saturated carbocycles. The molecule has 0 fully saturated rings. The normalized spacial score (nSPS) is 12.7. The summed E-state index contributed by atoms with van der Waals surface area (Å²) in [5.74, 6) is -1.63. The van der Waals surface area contributed by atoms with Gasteiger partial charge in [0.2, 0.25) is 0 Å². The summed E-state index contributed by atoms with van der Waals surface area (Å²) in [6.07, 6.45) is 0. The van der Waals surface area contributed by atoms with Gasteiger partial charge in [0.05, 0.1) is 0 Å². The molecule has 1 atom stereocenters. The van der Waals surface area contributed by atoms with E-state index in [1.807, 2.05) is 38.2 Å². The second-order valence-electron chi connectivity index (χ2n) is 5.01. The Morgan fingerprint density at radius 3 is 2.50 bits per heavy atom. The number of nitrogens with two attached hydrogens (primary N) is 1. The van der Waals surface area contributed by atoms with E-state index in [9.17, 15) is 8.78 Å². The number of nitrogens with zero attached hydrogens (tertiary/aromatic N) is 1. The number of hydrogen-bond donors (Lipinski definition) is 1. The van der Waals surface area contributed by atoms with Gasteiger partial charge < -0.3 is 5.73 Å². The molecule has 2 nitrogen and oxygen atoms in total. The fourth-order valence-electron chi connectivity index (χ4n) is 2.14. The Kier molecular flexibility index (Phi) is 4.35. The number of halogens is 2. The molecule has 0 heterocycles. The summed E-state index contributed by atoms with van der Waals surface area (Å²) in [7, 11) is 1.94. The van der Waals surface area contributed by atoms with Crippen molar-refractivity contribution in [2.75, 3.05) is 12.8 Å². The zero-order valence-corrected chi connectivity index (χ0v) is 11.6. The van der Waals surface area contributed by atoms with Gasteiger partial charge in [-0.1, -0.05) is 18.2 Å². The minimum Gasteiger partial charge on any atom is -0.399 e. The van der Waals surface area contributed by atoms with Crippen molar-refractivity contribution in [3.05, 3.63) is 65.2 Å². The van der Waals surface area contributed by atoms with Crippen molar-refractivity contribution in [2.24, 2.45) is 0 Å². The van der Waals surface area contributed by atoms with Gasteiger partial charge in [0, 0.05) is 18.3 Å². The molecule has 0 aliphatic heterocycles. The molecular weight excluding hydrogens is 258 g/mol. The highest BCUT2D eigenvalue weighted by Gasteiger charge is 2.14. The molecule has 0 aliphatic carbocycles. The fourth-order valence-corrected chi connectivity index (χ4v) is 2.14. The van der Waals surface area contributed by atoms with Crippen LogP contribution < -0.4 is 5.73 Å². The number of hydrogen-bond acceptors (Lipinski definition) is 2. The van der Waals surface area contributed by atoms with Crippen LogP contribution in [0.5, 0.6) is 0 Å². The standard InChI is InChI=1S/C16H18F2N2/c1-11(13-6-7-15(17)16(18)9-13)20(2)10-12-4-3-5-14(19)8-12/h3-9,11H,10,19H2,1-2H3. The van der Waals surface area contributed by atoms with E-state index in [1.54, 1.807) is 6.07 Å². The lowest BCUT2D eigenvalue weighted by Crippen LogP contribution is -2.22. The fraction of sp³-hybridized carbons (Fsp3) is 0.250. The molecule has 4 heteroatoms. The number of rotatable bonds is 4. The third-order valence-corrected chi connectivity index (χ3v) is 3.47. The Bertz CT molecular complexity index is 599. The van der Waals surface area contributed by atoms with Crippen LogP contribution in [0.1, 0.15) is 24.1 Å². The van der Waals surface area contributed by atoms with E-state index in [0.717, 1.165) is 22.9 Å². The quantitative estimate of drug-likeness (QED) is 0.862. The summed E-state index contributed by atoms with van der Waals surface area (Å²) in [5.41, 5.74) is 8.30. The van der Waals surface area contributed by atoms with Gasteiger partial charge in [0.15, 0.2) is 11.6 Å². The highest BCUT2D eigenvalue weighted by molar-refractivity contribution is 5.40. The first-order valence-corrected chi connectivity index (χ1v) is 6.47. The van der Waals surface area contributed by atoms with Crippen LogP contribution in [0.15, 0.2) is 42.5 Å². The predicted molar refractivity (Wildman–Crippen MR) is 77.1 cm³/mol. The summed E-state index contributed by atoms with van der Waals surface area (Å²) in [6.45, 7) is 2.64. The molecule has 0 aliphatic rings. The first-order valence-electron chi connectivity index (χ1n) is 6.47. The number of anilines is 1. The molecule has 0 aromatic heterocycles. The van der Waals surface area contributed by atoms with Gasteiger partial charge in [-0.15, -0.1) is 0 Å². The largest absolute Gasteiger partial charge is 0.399 e. The summed E-state index contributed by atoms with van der Waals surface area (Å²) >= 11 is 0. The van der Waals surface area contributed by atoms with Crippen LogP contribution in [0.4, 0.5) is 14.5 Å². The van der Waals surface area contributed by atoms with Gasteiger partial charge >= 0.3 is 0 Å². The predicted octanol–water partition coefficient (Wildman–Crippen LogP) is 3.74. The van der Waals surface area contributed by atoms with Crippen LogP contribution >= 0.6 is 0 Å². The molecule has 0 bridgehead atoms. The van der Waals surface area contributed by atoms with Crippen molar-refractivity contribution in [2.45, 2.75) is 19.5 Å². The van der Waals surface area contributed by atoms with Gasteiger partial charge in [-0.25, -0.2) is 8.78 Å². The minimum absolute atomic E-state index is 0.0217. The number of nitrogen functional groups attached to an aromatic ring is 1. The summed E-state index contributed by atoms with van der Waals surface area (Å²) in [6, 6.07) is 11.6. The lowest BCUT2D eigenvalue weighted by Gasteiger charge is -2.25. The zero-order chi connectivity index (χ0) is 14.7. The molecule has 2 rings (SSSR count). The topological polar surface area (TPSA) is 29.3 Å². The van der Waals surface area contributed by atoms with Crippen molar-refractivity contribution in [3.8, 4) is 0 Å². The van der Waals surface area contributed by atoms with Crippen molar-refractivity contribution < 1.29 is 8.78 Å². The second-order valence-corrected chi connectivity index (χ2v) is 5.01. The molecule has 0 radical (unpaired) electrons. The van der Waals surface area contributed by atoms with Crippen LogP contribution in [0.3, 0.4) is 0 Å². The van der Waals surface area contributed by atoms with E-state index in [-0.39, 0.29) is 6.04 Å². The summed E-state index contributed by atoms with van der Waals surface area (Å²) < 4.78 is 26.2. The van der Waals surface area contributed by atoms with Gasteiger partial charge in [0.1, 0.15) is 0 Å². The van der Waals surface area contributed by atoms with Gasteiger partial charge in [-0.05, 0) is 49.4 Å². The molecule has 20 heavy (non-hydrogen) atoms. The average molecular weight is 276 g/mol. The zero-order valence-electron chi connectivity index (χ0n) is 11.6. The van der Waals surface area contributed by atoms with Crippen molar-refractivity contribution in [1.82, 2.24) is 4.90 Å². The lowest BCUT2D eigenvalue weighted by atomic mass is 10.1. The lowest BCUT2D eigenvalue weighted by molar-refractivity contribution is 0.252. The molecular formula is C16H18F2N2. The summed E-state index contributed by atoms with van der Waals surface area (Å²) in [5, 5.41) is 0. The molecule has 2 N–H and O–H groups in total. The van der Waals surface area contributed by atoms with Crippen LogP contribution in [-0.4, -0.2) is 11.9 Å². The van der Waals surface area contributed by atoms with Gasteiger partial charge in [-0.3, -0.25) is 4.90 Å². The van der Waals surface area contributed by atoms with Crippen LogP contribution in [0, 0.1) is 11.6 Å². The molecule has 1 unspecified atom stereocenters. The first-order chi connectivity index (χ1) is 9.47. The van der Waals surface area contributed by atoms with E-state index >= 15 is 0 Å². The van der Waals surface area contributed by atoms with E-state index in [1.165, 1.54) is 6.07 Å². The maximum atomic E-state index is 13.3. The molecule has 0 amide bonds. The molecule has 2 aromatic rings. The van der Waals surface area contributed by atoms with Crippen molar-refractivity contribution in [3.63, 3.8) is 0 Å². The Morgan fingerprint density at radius 1 is 1.10 bits per heavy atom. The highest BCUT2D eigenvalue weighted by Crippen LogP contribution is 2.22. The third-order valence-electron chi connectivity index (χ3n) is 3.47. The van der Waals surface area contributed by atoms with E-state index in [0.29, 0.717) is 6.54 Å². The van der Waals surface area contributed by atoms with Crippen molar-refractivity contribution in [1.29, 1.82) is 0 Å². The minimum atomic E-state index is -0.820. The Hall–Kier alpha value is -1.94. The smallest absolute Gasteiger partial charge is 0.159 e. The highest BCUT2D eigenvalue weighted by atomic mass is 19.2. The van der Waals surface area contributed by atoms with Crippen LogP contribution in [0.25, 0.3) is 0 Å². The average Bonchev–Trinajstić information content (AvgIpc) is 2.41. The van der Waals surface area contributed by atoms with E-state index < -0.39 is 11.6 Å². The Morgan fingerprint density at radius 2 is 1.85 bits per heavy atom. The number of benzene rings is 2. The van der Waals surface area contributed by atoms with Gasteiger partial charge in [-0.2, -0.15) is 0 Å². The monoisotopic (exact) mass is 276 g/mol. The third kappa shape index (κ3) is 3.33. The molecule has 106 valence electrons. The SMILES string of the molecule is CC(c1ccc(F)c(F)c1)N(C)Cc1cccc(N)c1.